The van der Waals surface area contributed by atoms with E-state index >= 15 is 0 Å². The van der Waals surface area contributed by atoms with Gasteiger partial charge in [-0.2, -0.15) is 0 Å². The average Bonchev–Trinajstić information content (AvgIpc) is 2.72. The van der Waals surface area contributed by atoms with Gasteiger partial charge < -0.3 is 20.1 Å². The standard InChI is InChI=1S/C13H23N3O3/c1-5-9(16-12(18)19-13(2,3)4)10-8-14-11(15-10)6-7-17/h8-9,17H,5-7H2,1-4H3,(H,14,15)(H,16,18). The zero-order valence-corrected chi connectivity index (χ0v) is 12.0. The Hall–Kier alpha value is -1.56. The van der Waals surface area contributed by atoms with E-state index in [1.165, 1.54) is 0 Å². The quantitative estimate of drug-likeness (QED) is 0.762. The minimum absolute atomic E-state index is 0.0449. The number of hydrogen-bond donors (Lipinski definition) is 3. The predicted octanol–water partition coefficient (Wildman–Crippen LogP) is 1.92. The Morgan fingerprint density at radius 2 is 2.26 bits per heavy atom. The number of nitrogens with zero attached hydrogens (tertiary/aromatic N) is 1. The third kappa shape index (κ3) is 5.30. The van der Waals surface area contributed by atoms with Crippen molar-refractivity contribution in [3.63, 3.8) is 0 Å². The molecule has 0 fully saturated rings. The molecular weight excluding hydrogens is 246 g/mol. The molecule has 0 spiro atoms. The number of alkyl carbamates (subject to hydrolysis) is 1. The van der Waals surface area contributed by atoms with E-state index in [0.29, 0.717) is 18.7 Å². The molecule has 1 atom stereocenters. The molecule has 1 unspecified atom stereocenters. The maximum absolute atomic E-state index is 11.7. The molecule has 0 saturated heterocycles. The summed E-state index contributed by atoms with van der Waals surface area (Å²) >= 11 is 0. The molecule has 108 valence electrons. The van der Waals surface area contributed by atoms with Gasteiger partial charge in [0.05, 0.1) is 18.3 Å². The minimum Gasteiger partial charge on any atom is -0.444 e. The highest BCUT2D eigenvalue weighted by Gasteiger charge is 2.20. The third-order valence-electron chi connectivity index (χ3n) is 2.46. The largest absolute Gasteiger partial charge is 0.444 e. The van der Waals surface area contributed by atoms with E-state index in [1.54, 1.807) is 6.20 Å². The van der Waals surface area contributed by atoms with Gasteiger partial charge in [-0.3, -0.25) is 0 Å². The lowest BCUT2D eigenvalue weighted by Gasteiger charge is -2.22. The lowest BCUT2D eigenvalue weighted by atomic mass is 10.2. The smallest absolute Gasteiger partial charge is 0.408 e. The maximum Gasteiger partial charge on any atom is 0.408 e. The lowest BCUT2D eigenvalue weighted by Crippen LogP contribution is -2.34. The van der Waals surface area contributed by atoms with Gasteiger partial charge in [0.15, 0.2) is 0 Å². The monoisotopic (exact) mass is 269 g/mol. The van der Waals surface area contributed by atoms with Crippen LogP contribution in [-0.4, -0.2) is 33.4 Å². The number of H-pyrrole nitrogens is 1. The number of carbonyl (C=O) groups excluding carboxylic acids is 1. The summed E-state index contributed by atoms with van der Waals surface area (Å²) in [5.74, 6) is 0.710. The summed E-state index contributed by atoms with van der Waals surface area (Å²) in [4.78, 5) is 19.0. The zero-order valence-electron chi connectivity index (χ0n) is 12.0. The normalized spacial score (nSPS) is 13.1. The molecular formula is C13H23N3O3. The topological polar surface area (TPSA) is 87.2 Å². The van der Waals surface area contributed by atoms with Crippen LogP contribution in [0, 0.1) is 0 Å². The second-order valence-electron chi connectivity index (χ2n) is 5.35. The van der Waals surface area contributed by atoms with Gasteiger partial charge >= 0.3 is 6.09 Å². The van der Waals surface area contributed by atoms with Gasteiger partial charge in [0.2, 0.25) is 0 Å². The molecule has 1 aromatic rings. The first-order valence-electron chi connectivity index (χ1n) is 6.50. The molecule has 0 aliphatic carbocycles. The molecule has 0 aliphatic rings. The summed E-state index contributed by atoms with van der Waals surface area (Å²) in [6.07, 6.45) is 2.48. The van der Waals surface area contributed by atoms with Crippen LogP contribution < -0.4 is 5.32 Å². The molecule has 19 heavy (non-hydrogen) atoms. The van der Waals surface area contributed by atoms with Crippen molar-refractivity contribution in [2.75, 3.05) is 6.61 Å². The van der Waals surface area contributed by atoms with Crippen molar-refractivity contribution in [2.24, 2.45) is 0 Å². The maximum atomic E-state index is 11.7. The van der Waals surface area contributed by atoms with Crippen LogP contribution in [0.5, 0.6) is 0 Å². The molecule has 0 saturated carbocycles. The van der Waals surface area contributed by atoms with Gasteiger partial charge in [-0.1, -0.05) is 6.92 Å². The Morgan fingerprint density at radius 1 is 1.58 bits per heavy atom. The van der Waals surface area contributed by atoms with Crippen LogP contribution in [0.2, 0.25) is 0 Å². The first-order valence-corrected chi connectivity index (χ1v) is 6.50. The van der Waals surface area contributed by atoms with E-state index in [9.17, 15) is 4.79 Å². The van der Waals surface area contributed by atoms with Crippen molar-refractivity contribution in [3.05, 3.63) is 17.7 Å². The molecule has 0 aliphatic heterocycles. The van der Waals surface area contributed by atoms with E-state index in [2.05, 4.69) is 15.3 Å². The van der Waals surface area contributed by atoms with E-state index in [-0.39, 0.29) is 12.6 Å². The van der Waals surface area contributed by atoms with Crippen molar-refractivity contribution in [1.29, 1.82) is 0 Å². The number of carbonyl (C=O) groups is 1. The fraction of sp³-hybridized carbons (Fsp3) is 0.692. The Kier molecular flexibility index (Phi) is 5.35. The zero-order chi connectivity index (χ0) is 14.5. The van der Waals surface area contributed by atoms with Gasteiger partial charge in [0.1, 0.15) is 11.4 Å². The Morgan fingerprint density at radius 3 is 2.79 bits per heavy atom. The highest BCUT2D eigenvalue weighted by atomic mass is 16.6. The number of aliphatic hydroxyl groups is 1. The van der Waals surface area contributed by atoms with Crippen LogP contribution in [0.15, 0.2) is 6.20 Å². The highest BCUT2D eigenvalue weighted by molar-refractivity contribution is 5.68. The number of nitrogens with one attached hydrogen (secondary N) is 2. The predicted molar refractivity (Wildman–Crippen MR) is 71.8 cm³/mol. The minimum atomic E-state index is -0.518. The van der Waals surface area contributed by atoms with Crippen molar-refractivity contribution in [3.8, 4) is 0 Å². The summed E-state index contributed by atoms with van der Waals surface area (Å²) in [6.45, 7) is 7.47. The van der Waals surface area contributed by atoms with Crippen molar-refractivity contribution >= 4 is 6.09 Å². The van der Waals surface area contributed by atoms with Crippen LogP contribution in [0.3, 0.4) is 0 Å². The van der Waals surface area contributed by atoms with Crippen LogP contribution in [0.1, 0.15) is 51.7 Å². The number of rotatable bonds is 5. The van der Waals surface area contributed by atoms with E-state index in [0.717, 1.165) is 5.69 Å². The summed E-state index contributed by atoms with van der Waals surface area (Å²) in [6, 6.07) is -0.196. The van der Waals surface area contributed by atoms with E-state index < -0.39 is 11.7 Å². The molecule has 0 aromatic carbocycles. The number of hydrogen-bond acceptors (Lipinski definition) is 4. The summed E-state index contributed by atoms with van der Waals surface area (Å²) < 4.78 is 5.22. The molecule has 6 heteroatoms. The molecule has 1 heterocycles. The van der Waals surface area contributed by atoms with Gasteiger partial charge in [0.25, 0.3) is 0 Å². The van der Waals surface area contributed by atoms with E-state index in [4.69, 9.17) is 9.84 Å². The Balaban J connectivity index is 2.64. The highest BCUT2D eigenvalue weighted by Crippen LogP contribution is 2.16. The molecule has 1 amide bonds. The van der Waals surface area contributed by atoms with Crippen molar-refractivity contribution < 1.29 is 14.6 Å². The molecule has 0 bridgehead atoms. The first kappa shape index (κ1) is 15.5. The number of aromatic amines is 1. The third-order valence-corrected chi connectivity index (χ3v) is 2.46. The summed E-state index contributed by atoms with van der Waals surface area (Å²) in [5.41, 5.74) is 0.229. The van der Waals surface area contributed by atoms with Crippen LogP contribution in [0.4, 0.5) is 4.79 Å². The van der Waals surface area contributed by atoms with Crippen molar-refractivity contribution in [1.82, 2.24) is 15.3 Å². The molecule has 1 aromatic heterocycles. The fourth-order valence-electron chi connectivity index (χ4n) is 1.63. The van der Waals surface area contributed by atoms with Crippen LogP contribution in [-0.2, 0) is 11.2 Å². The molecule has 6 nitrogen and oxygen atoms in total. The lowest BCUT2D eigenvalue weighted by molar-refractivity contribution is 0.0501. The van der Waals surface area contributed by atoms with Gasteiger partial charge in [-0.15, -0.1) is 0 Å². The fourth-order valence-corrected chi connectivity index (χ4v) is 1.63. The van der Waals surface area contributed by atoms with Crippen LogP contribution >= 0.6 is 0 Å². The molecule has 1 rings (SSSR count). The number of imidazole rings is 1. The number of aliphatic hydroxyl groups excluding tert-OH is 1. The molecule has 3 N–H and O–H groups in total. The summed E-state index contributed by atoms with van der Waals surface area (Å²) in [5, 5.41) is 11.6. The first-order chi connectivity index (χ1) is 8.85. The Labute approximate surface area is 113 Å². The van der Waals surface area contributed by atoms with Crippen molar-refractivity contribution in [2.45, 2.75) is 52.2 Å². The van der Waals surface area contributed by atoms with Crippen LogP contribution in [0.25, 0.3) is 0 Å². The Bertz CT molecular complexity index is 410. The molecule has 0 radical (unpaired) electrons. The average molecular weight is 269 g/mol. The van der Waals surface area contributed by atoms with Gasteiger partial charge in [0, 0.05) is 12.6 Å². The van der Waals surface area contributed by atoms with Gasteiger partial charge in [-0.05, 0) is 27.2 Å². The number of aromatic nitrogens is 2. The number of ether oxygens (including phenoxy) is 1. The SMILES string of the molecule is CCC(NC(=O)OC(C)(C)C)c1c[nH]c(CCO)n1. The van der Waals surface area contributed by atoms with E-state index in [1.807, 2.05) is 27.7 Å². The second kappa shape index (κ2) is 6.56. The van der Waals surface area contributed by atoms with Gasteiger partial charge in [-0.25, -0.2) is 9.78 Å². The second-order valence-corrected chi connectivity index (χ2v) is 5.35. The summed E-state index contributed by atoms with van der Waals surface area (Å²) in [7, 11) is 0. The number of amides is 1.